The smallest absolute Gasteiger partial charge is 0.292 e. The summed E-state index contributed by atoms with van der Waals surface area (Å²) in [4.78, 5) is 40.7. The SMILES string of the molecule is CC(C)(C)c1ccc(C2C(C(=O)c3cccs3)C(=O)C(=O)N2c2nncs2)cc1. The van der Waals surface area contributed by atoms with Crippen molar-refractivity contribution in [1.82, 2.24) is 10.2 Å². The standard InChI is InChI=1S/C21H19N3O3S2/c1-21(2,3)13-8-6-12(7-9-13)16-15(17(25)14-5-4-10-28-14)18(26)19(27)24(16)20-23-22-11-29-20/h4-11,15-16H,1-3H3. The normalized spacial score (nSPS) is 19.8. The third kappa shape index (κ3) is 3.42. The maximum atomic E-state index is 13.2. The molecule has 1 fully saturated rings. The summed E-state index contributed by atoms with van der Waals surface area (Å²) in [5.74, 6) is -2.87. The van der Waals surface area contributed by atoms with E-state index in [1.54, 1.807) is 17.5 Å². The van der Waals surface area contributed by atoms with E-state index in [-0.39, 0.29) is 11.2 Å². The van der Waals surface area contributed by atoms with Crippen LogP contribution in [0.25, 0.3) is 0 Å². The lowest BCUT2D eigenvalue weighted by Crippen LogP contribution is -2.30. The summed E-state index contributed by atoms with van der Waals surface area (Å²) in [5.41, 5.74) is 3.31. The first-order valence-electron chi connectivity index (χ1n) is 9.11. The average Bonchev–Trinajstić information content (AvgIpc) is 3.43. The minimum Gasteiger partial charge on any atom is -0.292 e. The average molecular weight is 426 g/mol. The number of anilines is 1. The predicted molar refractivity (Wildman–Crippen MR) is 112 cm³/mol. The summed E-state index contributed by atoms with van der Waals surface area (Å²) >= 11 is 2.43. The lowest BCUT2D eigenvalue weighted by Gasteiger charge is -2.26. The van der Waals surface area contributed by atoms with Gasteiger partial charge in [0.05, 0.1) is 10.9 Å². The van der Waals surface area contributed by atoms with Crippen LogP contribution in [0.3, 0.4) is 0 Å². The largest absolute Gasteiger partial charge is 0.297 e. The molecule has 0 N–H and O–H groups in total. The lowest BCUT2D eigenvalue weighted by atomic mass is 9.84. The van der Waals surface area contributed by atoms with E-state index in [0.717, 1.165) is 22.5 Å². The van der Waals surface area contributed by atoms with Crippen LogP contribution in [0.1, 0.15) is 47.6 Å². The van der Waals surface area contributed by atoms with Gasteiger partial charge in [-0.2, -0.15) is 0 Å². The number of hydrogen-bond donors (Lipinski definition) is 0. The van der Waals surface area contributed by atoms with Crippen molar-refractivity contribution in [2.24, 2.45) is 5.92 Å². The molecule has 2 aromatic heterocycles. The molecule has 2 atom stereocenters. The van der Waals surface area contributed by atoms with Gasteiger partial charge in [-0.15, -0.1) is 21.5 Å². The van der Waals surface area contributed by atoms with Gasteiger partial charge in [0.15, 0.2) is 5.78 Å². The number of carbonyl (C=O) groups is 3. The molecule has 29 heavy (non-hydrogen) atoms. The number of aromatic nitrogens is 2. The quantitative estimate of drug-likeness (QED) is 0.358. The highest BCUT2D eigenvalue weighted by molar-refractivity contribution is 7.13. The topological polar surface area (TPSA) is 80.2 Å². The summed E-state index contributed by atoms with van der Waals surface area (Å²) in [7, 11) is 0. The van der Waals surface area contributed by atoms with Gasteiger partial charge in [0, 0.05) is 0 Å². The van der Waals surface area contributed by atoms with Gasteiger partial charge in [-0.25, -0.2) is 0 Å². The van der Waals surface area contributed by atoms with E-state index in [1.165, 1.54) is 21.7 Å². The highest BCUT2D eigenvalue weighted by Gasteiger charge is 2.53. The molecule has 8 heteroatoms. The molecule has 3 aromatic rings. The number of hydrogen-bond acceptors (Lipinski definition) is 7. The highest BCUT2D eigenvalue weighted by atomic mass is 32.1. The maximum absolute atomic E-state index is 13.2. The zero-order valence-corrected chi connectivity index (χ0v) is 17.8. The molecule has 2 unspecified atom stereocenters. The zero-order valence-electron chi connectivity index (χ0n) is 16.2. The van der Waals surface area contributed by atoms with Gasteiger partial charge < -0.3 is 0 Å². The molecule has 3 heterocycles. The molecule has 1 saturated heterocycles. The van der Waals surface area contributed by atoms with Crippen LogP contribution in [0.4, 0.5) is 5.13 Å². The highest BCUT2D eigenvalue weighted by Crippen LogP contribution is 2.42. The number of ketones is 2. The Hall–Kier alpha value is -2.71. The van der Waals surface area contributed by atoms with Crippen molar-refractivity contribution in [2.45, 2.75) is 32.2 Å². The fourth-order valence-electron chi connectivity index (χ4n) is 3.50. The van der Waals surface area contributed by atoms with Gasteiger partial charge in [0.1, 0.15) is 11.4 Å². The lowest BCUT2D eigenvalue weighted by molar-refractivity contribution is -0.135. The number of rotatable bonds is 4. The number of benzene rings is 1. The molecule has 148 valence electrons. The Bertz CT molecular complexity index is 1050. The van der Waals surface area contributed by atoms with Crippen molar-refractivity contribution in [2.75, 3.05) is 4.90 Å². The van der Waals surface area contributed by atoms with Crippen molar-refractivity contribution in [3.05, 3.63) is 63.3 Å². The zero-order chi connectivity index (χ0) is 20.8. The van der Waals surface area contributed by atoms with Crippen LogP contribution in [0, 0.1) is 5.92 Å². The summed E-state index contributed by atoms with van der Waals surface area (Å²) in [6, 6.07) is 10.4. The van der Waals surface area contributed by atoms with Gasteiger partial charge in [-0.3, -0.25) is 19.3 Å². The van der Waals surface area contributed by atoms with Gasteiger partial charge in [-0.05, 0) is 28.0 Å². The van der Waals surface area contributed by atoms with E-state index in [1.807, 2.05) is 24.3 Å². The van der Waals surface area contributed by atoms with E-state index >= 15 is 0 Å². The minimum atomic E-state index is -1.11. The molecule has 1 aliphatic rings. The molecule has 0 saturated carbocycles. The van der Waals surface area contributed by atoms with Gasteiger partial charge in [0.25, 0.3) is 5.91 Å². The molecule has 0 aliphatic carbocycles. The molecular weight excluding hydrogens is 406 g/mol. The molecule has 4 rings (SSSR count). The van der Waals surface area contributed by atoms with Crippen molar-refractivity contribution in [3.63, 3.8) is 0 Å². The Morgan fingerprint density at radius 1 is 1.07 bits per heavy atom. The predicted octanol–water partition coefficient (Wildman–Crippen LogP) is 4.05. The monoisotopic (exact) mass is 425 g/mol. The van der Waals surface area contributed by atoms with Crippen LogP contribution in [0.2, 0.25) is 0 Å². The van der Waals surface area contributed by atoms with Crippen LogP contribution in [-0.4, -0.2) is 27.7 Å². The second-order valence-electron chi connectivity index (χ2n) is 7.90. The van der Waals surface area contributed by atoms with E-state index in [4.69, 9.17) is 0 Å². The van der Waals surface area contributed by atoms with E-state index in [9.17, 15) is 14.4 Å². The van der Waals surface area contributed by atoms with E-state index in [0.29, 0.717) is 10.0 Å². The fourth-order valence-corrected chi connectivity index (χ4v) is 4.80. The van der Waals surface area contributed by atoms with Crippen LogP contribution in [-0.2, 0) is 15.0 Å². The Balaban J connectivity index is 1.82. The second kappa shape index (κ2) is 7.27. The molecule has 0 bridgehead atoms. The van der Waals surface area contributed by atoms with Crippen molar-refractivity contribution in [1.29, 1.82) is 0 Å². The number of thiophene rings is 1. The molecule has 1 amide bonds. The van der Waals surface area contributed by atoms with Crippen LogP contribution in [0.15, 0.2) is 47.3 Å². The fraction of sp³-hybridized carbons (Fsp3) is 0.286. The van der Waals surface area contributed by atoms with Crippen molar-refractivity contribution in [3.8, 4) is 0 Å². The number of nitrogens with zero attached hydrogens (tertiary/aromatic N) is 3. The first-order chi connectivity index (χ1) is 13.8. The number of amides is 1. The Morgan fingerprint density at radius 2 is 1.79 bits per heavy atom. The Morgan fingerprint density at radius 3 is 2.34 bits per heavy atom. The molecule has 0 radical (unpaired) electrons. The van der Waals surface area contributed by atoms with E-state index < -0.39 is 23.7 Å². The summed E-state index contributed by atoms with van der Waals surface area (Å²) in [6.45, 7) is 6.34. The molecule has 0 spiro atoms. The van der Waals surface area contributed by atoms with Crippen molar-refractivity contribution >= 4 is 45.3 Å². The van der Waals surface area contributed by atoms with Gasteiger partial charge in [-0.1, -0.05) is 62.4 Å². The third-order valence-electron chi connectivity index (χ3n) is 5.03. The van der Waals surface area contributed by atoms with Crippen molar-refractivity contribution < 1.29 is 14.4 Å². The van der Waals surface area contributed by atoms with Crippen LogP contribution >= 0.6 is 22.7 Å². The number of carbonyl (C=O) groups excluding carboxylic acids is 3. The summed E-state index contributed by atoms with van der Waals surface area (Å²) < 4.78 is 0. The van der Waals surface area contributed by atoms with E-state index in [2.05, 4.69) is 31.0 Å². The third-order valence-corrected chi connectivity index (χ3v) is 6.60. The molecule has 1 aromatic carbocycles. The van der Waals surface area contributed by atoms with Gasteiger partial charge >= 0.3 is 0 Å². The minimum absolute atomic E-state index is 0.0368. The summed E-state index contributed by atoms with van der Waals surface area (Å²) in [5, 5.41) is 9.88. The summed E-state index contributed by atoms with van der Waals surface area (Å²) in [6.07, 6.45) is 0. The van der Waals surface area contributed by atoms with Gasteiger partial charge in [0.2, 0.25) is 10.9 Å². The van der Waals surface area contributed by atoms with Crippen LogP contribution in [0.5, 0.6) is 0 Å². The molecule has 6 nitrogen and oxygen atoms in total. The second-order valence-corrected chi connectivity index (χ2v) is 9.66. The Labute approximate surface area is 176 Å². The first-order valence-corrected chi connectivity index (χ1v) is 10.9. The maximum Gasteiger partial charge on any atom is 0.297 e. The number of Topliss-reactive ketones (excluding diaryl/α,β-unsaturated/α-hetero) is 2. The first kappa shape index (κ1) is 19.6. The molecule has 1 aliphatic heterocycles. The van der Waals surface area contributed by atoms with Crippen LogP contribution < -0.4 is 4.90 Å². The molecular formula is C21H19N3O3S2. The Kier molecular flexibility index (Phi) is 4.92.